The molecule has 0 bridgehead atoms. The molecular formula is C9H9N3O2S. The molecule has 6 heteroatoms. The van der Waals surface area contributed by atoms with E-state index >= 15 is 0 Å². The zero-order valence-electron chi connectivity index (χ0n) is 7.82. The number of amides is 2. The highest BCUT2D eigenvalue weighted by Crippen LogP contribution is 2.04. The Morgan fingerprint density at radius 3 is 2.73 bits per heavy atom. The predicted octanol–water partition coefficient (Wildman–Crippen LogP) is 0.00408. The van der Waals surface area contributed by atoms with Crippen LogP contribution < -0.4 is 10.6 Å². The average molecular weight is 223 g/mol. The highest BCUT2D eigenvalue weighted by molar-refractivity contribution is 7.07. The zero-order valence-corrected chi connectivity index (χ0v) is 8.63. The van der Waals surface area contributed by atoms with E-state index in [4.69, 9.17) is 5.26 Å². The third-order valence-electron chi connectivity index (χ3n) is 1.57. The molecule has 0 fully saturated rings. The van der Waals surface area contributed by atoms with E-state index in [1.807, 2.05) is 16.8 Å². The Balaban J connectivity index is 2.30. The maximum atomic E-state index is 11.1. The smallest absolute Gasteiger partial charge is 0.310 e. The minimum absolute atomic E-state index is 0.162. The van der Waals surface area contributed by atoms with E-state index in [1.165, 1.54) is 11.3 Å². The van der Waals surface area contributed by atoms with E-state index in [0.717, 1.165) is 5.56 Å². The zero-order chi connectivity index (χ0) is 11.1. The van der Waals surface area contributed by atoms with Gasteiger partial charge in [0.05, 0.1) is 6.07 Å². The topological polar surface area (TPSA) is 82.0 Å². The molecule has 2 N–H and O–H groups in total. The first-order valence-electron chi connectivity index (χ1n) is 4.18. The summed E-state index contributed by atoms with van der Waals surface area (Å²) in [7, 11) is 0. The number of hydrogen-bond acceptors (Lipinski definition) is 4. The summed E-state index contributed by atoms with van der Waals surface area (Å²) in [4.78, 5) is 22.1. The van der Waals surface area contributed by atoms with Gasteiger partial charge in [-0.25, -0.2) is 0 Å². The number of nitriles is 1. The van der Waals surface area contributed by atoms with Gasteiger partial charge in [0.25, 0.3) is 0 Å². The summed E-state index contributed by atoms with van der Waals surface area (Å²) in [5.74, 6) is -1.51. The molecule has 0 aliphatic heterocycles. The standard InChI is InChI=1S/C9H9N3O2S/c10-2-3-11-8(13)9(14)12-5-7-1-4-15-6-7/h1,4,6H,3,5H2,(H,11,13)(H,12,14). The van der Waals surface area contributed by atoms with Crippen LogP contribution in [0.25, 0.3) is 0 Å². The van der Waals surface area contributed by atoms with Crippen molar-refractivity contribution in [2.75, 3.05) is 6.54 Å². The molecule has 5 nitrogen and oxygen atoms in total. The van der Waals surface area contributed by atoms with E-state index < -0.39 is 11.8 Å². The fourth-order valence-electron chi connectivity index (χ4n) is 0.856. The summed E-state index contributed by atoms with van der Waals surface area (Å²) in [5, 5.41) is 16.5. The Kier molecular flexibility index (Phi) is 4.31. The number of nitrogens with zero attached hydrogens (tertiary/aromatic N) is 1. The quantitative estimate of drug-likeness (QED) is 0.559. The van der Waals surface area contributed by atoms with Crippen LogP contribution in [0.3, 0.4) is 0 Å². The molecule has 0 aromatic carbocycles. The van der Waals surface area contributed by atoms with Crippen LogP contribution in [0.5, 0.6) is 0 Å². The molecule has 15 heavy (non-hydrogen) atoms. The molecule has 0 saturated heterocycles. The molecule has 1 aromatic rings. The molecule has 0 radical (unpaired) electrons. The Hall–Kier alpha value is -1.87. The fraction of sp³-hybridized carbons (Fsp3) is 0.222. The van der Waals surface area contributed by atoms with Crippen molar-refractivity contribution in [2.24, 2.45) is 0 Å². The van der Waals surface area contributed by atoms with Crippen LogP contribution in [-0.2, 0) is 16.1 Å². The number of carbonyl (C=O) groups excluding carboxylic acids is 2. The first kappa shape index (κ1) is 11.2. The molecule has 0 aliphatic rings. The van der Waals surface area contributed by atoms with Crippen molar-refractivity contribution in [3.63, 3.8) is 0 Å². The van der Waals surface area contributed by atoms with Gasteiger partial charge in [-0.3, -0.25) is 9.59 Å². The molecule has 0 unspecified atom stereocenters. The van der Waals surface area contributed by atoms with Gasteiger partial charge in [0.15, 0.2) is 0 Å². The van der Waals surface area contributed by atoms with Crippen LogP contribution in [-0.4, -0.2) is 18.4 Å². The van der Waals surface area contributed by atoms with Crippen LogP contribution in [0, 0.1) is 11.3 Å². The van der Waals surface area contributed by atoms with Crippen molar-refractivity contribution >= 4 is 23.2 Å². The van der Waals surface area contributed by atoms with Gasteiger partial charge in [-0.15, -0.1) is 0 Å². The Morgan fingerprint density at radius 2 is 2.13 bits per heavy atom. The van der Waals surface area contributed by atoms with E-state index in [0.29, 0.717) is 6.54 Å². The molecule has 0 atom stereocenters. The Bertz CT molecular complexity index is 381. The minimum atomic E-state index is -0.785. The van der Waals surface area contributed by atoms with Crippen LogP contribution in [0.4, 0.5) is 0 Å². The number of carbonyl (C=O) groups is 2. The lowest BCUT2D eigenvalue weighted by molar-refractivity contribution is -0.139. The van der Waals surface area contributed by atoms with Crippen molar-refractivity contribution in [2.45, 2.75) is 6.54 Å². The highest BCUT2D eigenvalue weighted by Gasteiger charge is 2.11. The lowest BCUT2D eigenvalue weighted by Crippen LogP contribution is -2.39. The molecule has 2 amide bonds. The second-order valence-electron chi connectivity index (χ2n) is 2.66. The highest BCUT2D eigenvalue weighted by atomic mass is 32.1. The molecule has 78 valence electrons. The molecule has 0 spiro atoms. The number of nitrogens with one attached hydrogen (secondary N) is 2. The average Bonchev–Trinajstić information content (AvgIpc) is 2.75. The Labute approximate surface area is 90.7 Å². The summed E-state index contributed by atoms with van der Waals surface area (Å²) in [6.07, 6.45) is 0. The lowest BCUT2D eigenvalue weighted by Gasteiger charge is -2.02. The van der Waals surface area contributed by atoms with Crippen LogP contribution in [0.15, 0.2) is 16.8 Å². The van der Waals surface area contributed by atoms with E-state index in [-0.39, 0.29) is 6.54 Å². The van der Waals surface area contributed by atoms with Crippen LogP contribution in [0.1, 0.15) is 5.56 Å². The van der Waals surface area contributed by atoms with Crippen molar-refractivity contribution in [1.82, 2.24) is 10.6 Å². The van der Waals surface area contributed by atoms with Gasteiger partial charge in [0.1, 0.15) is 6.54 Å². The second-order valence-corrected chi connectivity index (χ2v) is 3.44. The monoisotopic (exact) mass is 223 g/mol. The molecule has 1 rings (SSSR count). The van der Waals surface area contributed by atoms with Crippen molar-refractivity contribution in [1.29, 1.82) is 5.26 Å². The Morgan fingerprint density at radius 1 is 1.40 bits per heavy atom. The maximum Gasteiger partial charge on any atom is 0.310 e. The number of thiophene rings is 1. The van der Waals surface area contributed by atoms with Crippen molar-refractivity contribution in [3.05, 3.63) is 22.4 Å². The molecule has 1 aromatic heterocycles. The van der Waals surface area contributed by atoms with Crippen molar-refractivity contribution in [3.8, 4) is 6.07 Å². The summed E-state index contributed by atoms with van der Waals surface area (Å²) < 4.78 is 0. The number of hydrogen-bond donors (Lipinski definition) is 2. The summed E-state index contributed by atoms with van der Waals surface area (Å²) in [6, 6.07) is 3.57. The number of rotatable bonds is 3. The lowest BCUT2D eigenvalue weighted by atomic mass is 10.3. The first-order chi connectivity index (χ1) is 7.24. The van der Waals surface area contributed by atoms with Crippen molar-refractivity contribution < 1.29 is 9.59 Å². The fourth-order valence-corrected chi connectivity index (χ4v) is 1.52. The van der Waals surface area contributed by atoms with Gasteiger partial charge in [0, 0.05) is 6.54 Å². The SMILES string of the molecule is N#CCNC(=O)C(=O)NCc1ccsc1. The molecule has 0 aliphatic carbocycles. The molecule has 1 heterocycles. The largest absolute Gasteiger partial charge is 0.344 e. The maximum absolute atomic E-state index is 11.1. The summed E-state index contributed by atoms with van der Waals surface area (Å²) in [6.45, 7) is 0.160. The van der Waals surface area contributed by atoms with Crippen LogP contribution >= 0.6 is 11.3 Å². The van der Waals surface area contributed by atoms with Gasteiger partial charge >= 0.3 is 11.8 Å². The van der Waals surface area contributed by atoms with Gasteiger partial charge in [-0.2, -0.15) is 16.6 Å². The molecule has 0 saturated carbocycles. The third kappa shape index (κ3) is 3.79. The van der Waals surface area contributed by atoms with E-state index in [2.05, 4.69) is 10.6 Å². The third-order valence-corrected chi connectivity index (χ3v) is 2.30. The predicted molar refractivity (Wildman–Crippen MR) is 54.8 cm³/mol. The van der Waals surface area contributed by atoms with E-state index in [1.54, 1.807) is 6.07 Å². The molecular weight excluding hydrogens is 214 g/mol. The summed E-state index contributed by atoms with van der Waals surface area (Å²) in [5.41, 5.74) is 0.946. The first-order valence-corrected chi connectivity index (χ1v) is 5.12. The van der Waals surface area contributed by atoms with Gasteiger partial charge in [-0.1, -0.05) is 0 Å². The second kappa shape index (κ2) is 5.78. The van der Waals surface area contributed by atoms with Gasteiger partial charge in [0.2, 0.25) is 0 Å². The van der Waals surface area contributed by atoms with Crippen LogP contribution in [0.2, 0.25) is 0 Å². The van der Waals surface area contributed by atoms with Gasteiger partial charge < -0.3 is 10.6 Å². The normalized spacial score (nSPS) is 9.00. The summed E-state index contributed by atoms with van der Waals surface area (Å²) >= 11 is 1.52. The van der Waals surface area contributed by atoms with E-state index in [9.17, 15) is 9.59 Å². The minimum Gasteiger partial charge on any atom is -0.344 e. The van der Waals surface area contributed by atoms with Gasteiger partial charge in [-0.05, 0) is 22.4 Å².